The Kier molecular flexibility index (Phi) is 2.39. The maximum Gasteiger partial charge on any atom is 0.139 e. The van der Waals surface area contributed by atoms with E-state index in [-0.39, 0.29) is 0 Å². The average Bonchev–Trinajstić information content (AvgIpc) is 1.85. The van der Waals surface area contributed by atoms with Crippen LogP contribution >= 0.6 is 15.9 Å². The molecule has 0 aliphatic rings. The van der Waals surface area contributed by atoms with Crippen molar-refractivity contribution in [1.82, 2.24) is 0 Å². The van der Waals surface area contributed by atoms with Crippen LogP contribution in [0.2, 0.25) is 0 Å². The van der Waals surface area contributed by atoms with Gasteiger partial charge in [0.1, 0.15) is 5.75 Å². The molecule has 0 atom stereocenters. The van der Waals surface area contributed by atoms with Crippen LogP contribution in [0.1, 0.15) is 0 Å². The lowest BCUT2D eigenvalue weighted by Crippen LogP contribution is -2.08. The van der Waals surface area contributed by atoms with Crippen LogP contribution in [-0.4, -0.2) is 19.2 Å². The number of phenolic OH excluding ortho intramolecular Hbond substituents is 1. The topological polar surface area (TPSA) is 23.5 Å². The maximum absolute atomic E-state index is 9.39. The summed E-state index contributed by atoms with van der Waals surface area (Å²) in [4.78, 5) is 1.86. The summed E-state index contributed by atoms with van der Waals surface area (Å²) in [6.45, 7) is 0. The molecule has 0 saturated carbocycles. The Labute approximate surface area is 74.6 Å². The SMILES string of the molecule is CN(C)c1ccc(Br)cc1O. The fraction of sp³-hybridized carbons (Fsp3) is 0.250. The number of aromatic hydroxyl groups is 1. The summed E-state index contributed by atoms with van der Waals surface area (Å²) >= 11 is 3.27. The Bertz CT molecular complexity index is 260. The quantitative estimate of drug-likeness (QED) is 0.777. The fourth-order valence-corrected chi connectivity index (χ4v) is 1.22. The molecule has 60 valence electrons. The Morgan fingerprint density at radius 1 is 1.36 bits per heavy atom. The Morgan fingerprint density at radius 3 is 2.45 bits per heavy atom. The standard InChI is InChI=1S/C8H10BrNO/c1-10(2)7-4-3-6(9)5-8(7)11/h3-5,11H,1-2H3. The minimum atomic E-state index is 0.296. The molecule has 2 nitrogen and oxygen atoms in total. The van der Waals surface area contributed by atoms with E-state index in [1.165, 1.54) is 0 Å². The highest BCUT2D eigenvalue weighted by molar-refractivity contribution is 9.10. The molecule has 0 fully saturated rings. The third kappa shape index (κ3) is 1.87. The molecule has 0 unspecified atom stereocenters. The van der Waals surface area contributed by atoms with Crippen molar-refractivity contribution >= 4 is 21.6 Å². The molecule has 0 bridgehead atoms. The van der Waals surface area contributed by atoms with Gasteiger partial charge in [-0.2, -0.15) is 0 Å². The van der Waals surface area contributed by atoms with Crippen molar-refractivity contribution < 1.29 is 5.11 Å². The molecule has 0 saturated heterocycles. The van der Waals surface area contributed by atoms with Crippen LogP contribution in [0.15, 0.2) is 22.7 Å². The second kappa shape index (κ2) is 3.13. The number of benzene rings is 1. The van der Waals surface area contributed by atoms with E-state index < -0.39 is 0 Å². The molecule has 0 heterocycles. The van der Waals surface area contributed by atoms with Crippen LogP contribution in [0, 0.1) is 0 Å². The van der Waals surface area contributed by atoms with Gasteiger partial charge >= 0.3 is 0 Å². The van der Waals surface area contributed by atoms with Gasteiger partial charge < -0.3 is 10.0 Å². The lowest BCUT2D eigenvalue weighted by Gasteiger charge is -2.13. The molecular formula is C8H10BrNO. The van der Waals surface area contributed by atoms with Gasteiger partial charge in [0.15, 0.2) is 0 Å². The van der Waals surface area contributed by atoms with Crippen molar-refractivity contribution in [2.24, 2.45) is 0 Å². The Morgan fingerprint density at radius 2 is 2.00 bits per heavy atom. The van der Waals surface area contributed by atoms with Gasteiger partial charge in [0.05, 0.1) is 5.69 Å². The van der Waals surface area contributed by atoms with Crippen LogP contribution in [-0.2, 0) is 0 Å². The van der Waals surface area contributed by atoms with Crippen molar-refractivity contribution in [1.29, 1.82) is 0 Å². The highest BCUT2D eigenvalue weighted by Gasteiger charge is 2.01. The second-order valence-electron chi connectivity index (χ2n) is 2.53. The first kappa shape index (κ1) is 8.40. The molecule has 3 heteroatoms. The number of phenols is 1. The summed E-state index contributed by atoms with van der Waals surface area (Å²) in [6, 6.07) is 5.43. The number of hydrogen-bond acceptors (Lipinski definition) is 2. The van der Waals surface area contributed by atoms with Crippen LogP contribution < -0.4 is 4.90 Å². The predicted molar refractivity (Wildman–Crippen MR) is 50.1 cm³/mol. The molecule has 1 rings (SSSR count). The highest BCUT2D eigenvalue weighted by Crippen LogP contribution is 2.28. The molecule has 0 aromatic heterocycles. The van der Waals surface area contributed by atoms with E-state index in [0.717, 1.165) is 10.2 Å². The van der Waals surface area contributed by atoms with Gasteiger partial charge in [-0.05, 0) is 18.2 Å². The number of rotatable bonds is 1. The van der Waals surface area contributed by atoms with Gasteiger partial charge in [-0.15, -0.1) is 0 Å². The molecule has 0 aliphatic carbocycles. The van der Waals surface area contributed by atoms with E-state index in [4.69, 9.17) is 0 Å². The summed E-state index contributed by atoms with van der Waals surface area (Å²) < 4.78 is 0.889. The second-order valence-corrected chi connectivity index (χ2v) is 3.44. The van der Waals surface area contributed by atoms with Crippen LogP contribution in [0.3, 0.4) is 0 Å². The molecule has 1 N–H and O–H groups in total. The molecule has 1 aromatic rings. The first-order valence-corrected chi connectivity index (χ1v) is 4.06. The maximum atomic E-state index is 9.39. The van der Waals surface area contributed by atoms with Crippen LogP contribution in [0.4, 0.5) is 5.69 Å². The molecule has 11 heavy (non-hydrogen) atoms. The minimum absolute atomic E-state index is 0.296. The third-order valence-electron chi connectivity index (χ3n) is 1.42. The Balaban J connectivity index is 3.09. The molecule has 0 radical (unpaired) electrons. The highest BCUT2D eigenvalue weighted by atomic mass is 79.9. The van der Waals surface area contributed by atoms with Crippen LogP contribution in [0.5, 0.6) is 5.75 Å². The minimum Gasteiger partial charge on any atom is -0.506 e. The van der Waals surface area contributed by atoms with E-state index in [1.54, 1.807) is 6.07 Å². The van der Waals surface area contributed by atoms with Gasteiger partial charge in [0.25, 0.3) is 0 Å². The molecular weight excluding hydrogens is 206 g/mol. The monoisotopic (exact) mass is 215 g/mol. The number of halogens is 1. The lowest BCUT2D eigenvalue weighted by atomic mass is 10.3. The summed E-state index contributed by atoms with van der Waals surface area (Å²) in [7, 11) is 3.78. The average molecular weight is 216 g/mol. The largest absolute Gasteiger partial charge is 0.506 e. The number of anilines is 1. The van der Waals surface area contributed by atoms with Gasteiger partial charge in [-0.1, -0.05) is 15.9 Å². The zero-order chi connectivity index (χ0) is 8.43. The van der Waals surface area contributed by atoms with E-state index in [0.29, 0.717) is 5.75 Å². The van der Waals surface area contributed by atoms with Crippen molar-refractivity contribution in [2.45, 2.75) is 0 Å². The summed E-state index contributed by atoms with van der Waals surface area (Å²) in [6.07, 6.45) is 0. The third-order valence-corrected chi connectivity index (χ3v) is 1.91. The first-order valence-electron chi connectivity index (χ1n) is 3.27. The normalized spacial score (nSPS) is 9.73. The molecule has 1 aromatic carbocycles. The molecule has 0 spiro atoms. The zero-order valence-electron chi connectivity index (χ0n) is 6.50. The summed E-state index contributed by atoms with van der Waals surface area (Å²) in [5.74, 6) is 0.296. The van der Waals surface area contributed by atoms with Crippen LogP contribution in [0.25, 0.3) is 0 Å². The number of nitrogens with zero attached hydrogens (tertiary/aromatic N) is 1. The van der Waals surface area contributed by atoms with Crippen molar-refractivity contribution in [3.05, 3.63) is 22.7 Å². The van der Waals surface area contributed by atoms with Gasteiger partial charge in [0.2, 0.25) is 0 Å². The summed E-state index contributed by atoms with van der Waals surface area (Å²) in [5.41, 5.74) is 0.827. The Hall–Kier alpha value is -0.700. The smallest absolute Gasteiger partial charge is 0.139 e. The summed E-state index contributed by atoms with van der Waals surface area (Å²) in [5, 5.41) is 9.39. The van der Waals surface area contributed by atoms with E-state index in [2.05, 4.69) is 15.9 Å². The number of hydrogen-bond donors (Lipinski definition) is 1. The first-order chi connectivity index (χ1) is 5.11. The predicted octanol–water partition coefficient (Wildman–Crippen LogP) is 2.22. The molecule has 0 amide bonds. The van der Waals surface area contributed by atoms with Crippen molar-refractivity contribution in [3.63, 3.8) is 0 Å². The lowest BCUT2D eigenvalue weighted by molar-refractivity contribution is 0.475. The fourth-order valence-electron chi connectivity index (χ4n) is 0.875. The van der Waals surface area contributed by atoms with Gasteiger partial charge in [0, 0.05) is 18.6 Å². The molecule has 0 aliphatic heterocycles. The van der Waals surface area contributed by atoms with E-state index in [9.17, 15) is 5.11 Å². The zero-order valence-corrected chi connectivity index (χ0v) is 8.09. The van der Waals surface area contributed by atoms with Crippen molar-refractivity contribution in [3.8, 4) is 5.75 Å². The van der Waals surface area contributed by atoms with E-state index in [1.807, 2.05) is 31.1 Å². The van der Waals surface area contributed by atoms with E-state index >= 15 is 0 Å². The van der Waals surface area contributed by atoms with Crippen molar-refractivity contribution in [2.75, 3.05) is 19.0 Å². The van der Waals surface area contributed by atoms with Gasteiger partial charge in [-0.3, -0.25) is 0 Å². The van der Waals surface area contributed by atoms with Gasteiger partial charge in [-0.25, -0.2) is 0 Å².